The summed E-state index contributed by atoms with van der Waals surface area (Å²) in [6, 6.07) is 19.4. The number of hydrogen-bond acceptors (Lipinski definition) is 8. The monoisotopic (exact) mass is 659 g/mol. The van der Waals surface area contributed by atoms with E-state index in [9.17, 15) is 18.0 Å². The van der Waals surface area contributed by atoms with Gasteiger partial charge in [-0.2, -0.15) is 13.5 Å². The molecule has 3 amide bonds. The first-order valence-corrected chi connectivity index (χ1v) is 17.2. The third-order valence-electron chi connectivity index (χ3n) is 7.81. The molecule has 1 saturated heterocycles. The van der Waals surface area contributed by atoms with Gasteiger partial charge in [-0.05, 0) is 57.2 Å². The molecule has 47 heavy (non-hydrogen) atoms. The van der Waals surface area contributed by atoms with E-state index in [0.29, 0.717) is 65.4 Å². The van der Waals surface area contributed by atoms with Crippen molar-refractivity contribution in [2.24, 2.45) is 0 Å². The molecular weight excluding hydrogens is 618 g/mol. The van der Waals surface area contributed by atoms with Crippen LogP contribution in [0.3, 0.4) is 0 Å². The van der Waals surface area contributed by atoms with Crippen molar-refractivity contribution in [1.29, 1.82) is 0 Å². The van der Waals surface area contributed by atoms with E-state index in [4.69, 9.17) is 14.4 Å². The molecule has 1 fully saturated rings. The lowest BCUT2D eigenvalue weighted by Crippen LogP contribution is -2.49. The Kier molecular flexibility index (Phi) is 9.41. The molecule has 5 rings (SSSR count). The molecule has 0 radical (unpaired) electrons. The second-order valence-corrected chi connectivity index (χ2v) is 14.4. The van der Waals surface area contributed by atoms with Crippen LogP contribution in [0.15, 0.2) is 66.7 Å². The minimum Gasteiger partial charge on any atom is -0.353 e. The summed E-state index contributed by atoms with van der Waals surface area (Å²) in [4.78, 5) is 35.4. The molecule has 4 aromatic rings. The fourth-order valence-electron chi connectivity index (χ4n) is 5.19. The largest absolute Gasteiger partial charge is 0.353 e. The van der Waals surface area contributed by atoms with Gasteiger partial charge >= 0.3 is 6.03 Å². The summed E-state index contributed by atoms with van der Waals surface area (Å²) in [5.74, 6) is 0.830. The molecule has 3 heterocycles. The number of pyridine rings is 1. The molecule has 13 heteroatoms. The lowest BCUT2D eigenvalue weighted by Gasteiger charge is -2.35. The van der Waals surface area contributed by atoms with Gasteiger partial charge in [-0.3, -0.25) is 4.79 Å². The second-order valence-electron chi connectivity index (χ2n) is 12.8. The number of amides is 3. The molecule has 1 aliphatic rings. The third-order valence-corrected chi connectivity index (χ3v) is 8.23. The fourth-order valence-corrected chi connectivity index (χ4v) is 5.61. The zero-order valence-corrected chi connectivity index (χ0v) is 28.6. The van der Waals surface area contributed by atoms with E-state index in [2.05, 4.69) is 10.2 Å². The molecule has 2 aromatic heterocycles. The van der Waals surface area contributed by atoms with E-state index in [-0.39, 0.29) is 11.7 Å². The highest BCUT2D eigenvalue weighted by atomic mass is 32.2. The number of piperazine rings is 1. The van der Waals surface area contributed by atoms with Gasteiger partial charge in [0.15, 0.2) is 5.82 Å². The van der Waals surface area contributed by atoms with Crippen molar-refractivity contribution in [3.05, 3.63) is 94.8 Å². The average Bonchev–Trinajstić information content (AvgIpc) is 3.47. The Morgan fingerprint density at radius 2 is 1.57 bits per heavy atom. The van der Waals surface area contributed by atoms with Gasteiger partial charge in [0.05, 0.1) is 29.0 Å². The number of nitrogens with one attached hydrogen (secondary N) is 1. The van der Waals surface area contributed by atoms with E-state index >= 15 is 0 Å². The Labute approximate surface area is 276 Å². The molecule has 0 saturated carbocycles. The number of carbonyl (C=O) groups excluding carboxylic acids is 2. The highest BCUT2D eigenvalue weighted by Crippen LogP contribution is 2.30. The molecule has 0 spiro atoms. The highest BCUT2D eigenvalue weighted by molar-refractivity contribution is 7.86. The maximum atomic E-state index is 13.8. The van der Waals surface area contributed by atoms with Crippen LogP contribution in [-0.4, -0.2) is 72.5 Å². The normalized spacial score (nSPS) is 13.9. The van der Waals surface area contributed by atoms with Crippen LogP contribution in [0, 0.1) is 20.8 Å². The second kappa shape index (κ2) is 13.2. The standard InChI is InChI=1S/C34H41N7O5S/c1-23-11-13-27(14-12-23)40-31(22-29(37-40)34(4,5)6)41(46-47(7,44)45)33(43)36-28-15-16-30(35-25(28)3)38-17-19-39(20-18-38)32(42)26-10-8-9-24(2)21-26/h8-16,21-22H,17-20H2,1-7H3,(H,36,43). The van der Waals surface area contributed by atoms with Gasteiger partial charge in [0.25, 0.3) is 16.0 Å². The van der Waals surface area contributed by atoms with E-state index in [0.717, 1.165) is 17.4 Å². The molecule has 2 aromatic carbocycles. The van der Waals surface area contributed by atoms with Gasteiger partial charge in [-0.15, -0.1) is 9.35 Å². The van der Waals surface area contributed by atoms with E-state index in [1.54, 1.807) is 25.1 Å². The lowest BCUT2D eigenvalue weighted by atomic mass is 9.92. The minimum absolute atomic E-state index is 0.00904. The maximum absolute atomic E-state index is 13.8. The third kappa shape index (κ3) is 7.98. The zero-order chi connectivity index (χ0) is 34.1. The van der Waals surface area contributed by atoms with Crippen LogP contribution in [0.1, 0.15) is 53.6 Å². The first-order valence-electron chi connectivity index (χ1n) is 15.4. The molecule has 12 nitrogen and oxygen atoms in total. The Bertz CT molecular complexity index is 1890. The molecule has 248 valence electrons. The van der Waals surface area contributed by atoms with E-state index in [1.165, 1.54) is 4.68 Å². The van der Waals surface area contributed by atoms with Crippen molar-refractivity contribution in [3.8, 4) is 5.69 Å². The van der Waals surface area contributed by atoms with Crippen molar-refractivity contribution in [2.45, 2.75) is 47.0 Å². The van der Waals surface area contributed by atoms with Gasteiger partial charge < -0.3 is 15.1 Å². The van der Waals surface area contributed by atoms with Crippen molar-refractivity contribution in [3.63, 3.8) is 0 Å². The predicted molar refractivity (Wildman–Crippen MR) is 183 cm³/mol. The quantitative estimate of drug-likeness (QED) is 0.262. The minimum atomic E-state index is -4.13. The van der Waals surface area contributed by atoms with E-state index in [1.807, 2.05) is 88.0 Å². The Hall–Kier alpha value is -4.75. The van der Waals surface area contributed by atoms with Gasteiger partial charge in [-0.25, -0.2) is 14.5 Å². The molecule has 0 bridgehead atoms. The van der Waals surface area contributed by atoms with Crippen LogP contribution in [-0.2, 0) is 19.8 Å². The molecule has 0 atom stereocenters. The van der Waals surface area contributed by atoms with Crippen molar-refractivity contribution >= 4 is 39.4 Å². The summed E-state index contributed by atoms with van der Waals surface area (Å²) in [5.41, 5.74) is 4.50. The Balaban J connectivity index is 1.36. The van der Waals surface area contributed by atoms with Crippen LogP contribution in [0.25, 0.3) is 5.69 Å². The molecular formula is C34H41N7O5S. The van der Waals surface area contributed by atoms with Crippen LogP contribution in [0.5, 0.6) is 0 Å². The zero-order valence-electron chi connectivity index (χ0n) is 27.8. The predicted octanol–water partition coefficient (Wildman–Crippen LogP) is 5.38. The summed E-state index contributed by atoms with van der Waals surface area (Å²) < 4.78 is 31.6. The number of carbonyl (C=O) groups is 2. The topological polar surface area (TPSA) is 130 Å². The highest BCUT2D eigenvalue weighted by Gasteiger charge is 2.31. The summed E-state index contributed by atoms with van der Waals surface area (Å²) in [5, 5.41) is 8.19. The lowest BCUT2D eigenvalue weighted by molar-refractivity contribution is 0.0746. The van der Waals surface area contributed by atoms with Crippen LogP contribution < -0.4 is 15.3 Å². The van der Waals surface area contributed by atoms with Crippen molar-refractivity contribution in [2.75, 3.05) is 47.7 Å². The van der Waals surface area contributed by atoms with Crippen LogP contribution in [0.4, 0.5) is 22.1 Å². The number of rotatable bonds is 7. The molecule has 0 unspecified atom stereocenters. The van der Waals surface area contributed by atoms with Gasteiger partial charge in [-0.1, -0.05) is 56.2 Å². The Morgan fingerprint density at radius 3 is 2.17 bits per heavy atom. The summed E-state index contributed by atoms with van der Waals surface area (Å²) >= 11 is 0. The first-order chi connectivity index (χ1) is 22.1. The Morgan fingerprint density at radius 1 is 0.894 bits per heavy atom. The smallest absolute Gasteiger partial charge is 0.353 e. The first kappa shape index (κ1) is 33.6. The number of nitrogens with zero attached hydrogens (tertiary/aromatic N) is 6. The molecule has 1 N–H and O–H groups in total. The number of benzene rings is 2. The maximum Gasteiger partial charge on any atom is 0.353 e. The number of aryl methyl sites for hydroxylation is 3. The van der Waals surface area contributed by atoms with Gasteiger partial charge in [0.1, 0.15) is 5.82 Å². The summed E-state index contributed by atoms with van der Waals surface area (Å²) in [6.07, 6.45) is 0.875. The molecule has 1 aliphatic heterocycles. The fraction of sp³-hybridized carbons (Fsp3) is 0.353. The number of hydrogen-bond donors (Lipinski definition) is 1. The summed E-state index contributed by atoms with van der Waals surface area (Å²) in [7, 11) is -4.13. The van der Waals surface area contributed by atoms with Gasteiger partial charge in [0, 0.05) is 43.2 Å². The average molecular weight is 660 g/mol. The number of anilines is 3. The van der Waals surface area contributed by atoms with Crippen LogP contribution in [0.2, 0.25) is 0 Å². The van der Waals surface area contributed by atoms with E-state index < -0.39 is 21.6 Å². The van der Waals surface area contributed by atoms with Crippen LogP contribution >= 0.6 is 0 Å². The summed E-state index contributed by atoms with van der Waals surface area (Å²) in [6.45, 7) is 13.9. The van der Waals surface area contributed by atoms with Crippen molar-refractivity contribution < 1.29 is 22.3 Å². The van der Waals surface area contributed by atoms with Gasteiger partial charge in [0.2, 0.25) is 0 Å². The number of urea groups is 1. The SMILES string of the molecule is Cc1ccc(-n2nc(C(C)(C)C)cc2N(OS(C)(=O)=O)C(=O)Nc2ccc(N3CCN(C(=O)c4cccc(C)c4)CC3)nc2C)cc1. The van der Waals surface area contributed by atoms with Crippen molar-refractivity contribution in [1.82, 2.24) is 19.7 Å². The molecule has 0 aliphatic carbocycles. The number of hydroxylamine groups is 1. The number of aromatic nitrogens is 3.